The van der Waals surface area contributed by atoms with E-state index in [0.29, 0.717) is 4.47 Å². The van der Waals surface area contributed by atoms with Crippen LogP contribution in [0.5, 0.6) is 5.75 Å². The number of phenols is 1. The van der Waals surface area contributed by atoms with Crippen LogP contribution in [0.25, 0.3) is 0 Å². The highest BCUT2D eigenvalue weighted by Gasteiger charge is 2.17. The normalized spacial score (nSPS) is 10.3. The van der Waals surface area contributed by atoms with Crippen molar-refractivity contribution in [2.75, 3.05) is 0 Å². The molecule has 0 fully saturated rings. The number of carbonyl (C=O) groups excluding carboxylic acids is 1. The number of halogens is 1. The Morgan fingerprint density at radius 2 is 2.19 bits per heavy atom. The summed E-state index contributed by atoms with van der Waals surface area (Å²) in [5.74, 6) is -2.08. The van der Waals surface area contributed by atoms with Crippen molar-refractivity contribution in [3.05, 3.63) is 44.7 Å². The lowest BCUT2D eigenvalue weighted by Gasteiger charge is -1.98. The summed E-state index contributed by atoms with van der Waals surface area (Å²) < 4.78 is 8.87. The van der Waals surface area contributed by atoms with Crippen molar-refractivity contribution in [1.29, 1.82) is 0 Å². The third-order valence-electron chi connectivity index (χ3n) is 1.79. The standard InChI is InChI=1S/C9H4BrNO5/c10-5-3-4(1-2-6(5)12)7(13)8-11-16-9(14)15-8/h1-3,12H. The highest BCUT2D eigenvalue weighted by atomic mass is 79.9. The van der Waals surface area contributed by atoms with Gasteiger partial charge in [-0.25, -0.2) is 4.79 Å². The minimum Gasteiger partial charge on any atom is -0.507 e. The lowest BCUT2D eigenvalue weighted by molar-refractivity contribution is 0.100. The molecule has 7 heteroatoms. The Bertz CT molecular complexity index is 600. The van der Waals surface area contributed by atoms with E-state index in [1.807, 2.05) is 0 Å². The number of aromatic hydroxyl groups is 1. The third-order valence-corrected chi connectivity index (χ3v) is 2.42. The van der Waals surface area contributed by atoms with E-state index in [2.05, 4.69) is 30.0 Å². The molecule has 0 spiro atoms. The van der Waals surface area contributed by atoms with Crippen molar-refractivity contribution in [3.63, 3.8) is 0 Å². The summed E-state index contributed by atoms with van der Waals surface area (Å²) in [6, 6.07) is 4.08. The number of phenolic OH excluding ortho intramolecular Hbond substituents is 1. The van der Waals surface area contributed by atoms with E-state index < -0.39 is 17.5 Å². The van der Waals surface area contributed by atoms with E-state index in [1.54, 1.807) is 0 Å². The lowest BCUT2D eigenvalue weighted by atomic mass is 10.1. The maximum Gasteiger partial charge on any atom is 0.542 e. The van der Waals surface area contributed by atoms with Crippen LogP contribution in [0.4, 0.5) is 0 Å². The Hall–Kier alpha value is -1.89. The second kappa shape index (κ2) is 3.93. The molecule has 1 N–H and O–H groups in total. The smallest absolute Gasteiger partial charge is 0.507 e. The molecule has 0 aliphatic rings. The van der Waals surface area contributed by atoms with Crippen molar-refractivity contribution in [2.24, 2.45) is 0 Å². The van der Waals surface area contributed by atoms with E-state index in [-0.39, 0.29) is 11.3 Å². The van der Waals surface area contributed by atoms with Gasteiger partial charge in [-0.2, -0.15) is 0 Å². The molecule has 0 saturated heterocycles. The fraction of sp³-hybridized carbons (Fsp3) is 0. The molecule has 0 amide bonds. The van der Waals surface area contributed by atoms with E-state index in [9.17, 15) is 14.7 Å². The van der Waals surface area contributed by atoms with Crippen molar-refractivity contribution >= 4 is 21.7 Å². The lowest BCUT2D eigenvalue weighted by Crippen LogP contribution is -2.01. The van der Waals surface area contributed by atoms with Gasteiger partial charge in [0.15, 0.2) is 0 Å². The summed E-state index contributed by atoms with van der Waals surface area (Å²) in [5, 5.41) is 12.4. The van der Waals surface area contributed by atoms with Crippen molar-refractivity contribution in [2.45, 2.75) is 0 Å². The zero-order valence-electron chi connectivity index (χ0n) is 7.64. The first-order valence-electron chi connectivity index (χ1n) is 4.08. The van der Waals surface area contributed by atoms with Crippen LogP contribution in [0.3, 0.4) is 0 Å². The molecular formula is C9H4BrNO5. The van der Waals surface area contributed by atoms with Gasteiger partial charge in [-0.3, -0.25) is 9.32 Å². The van der Waals surface area contributed by atoms with E-state index in [0.717, 1.165) is 0 Å². The summed E-state index contributed by atoms with van der Waals surface area (Å²) in [6.07, 6.45) is 0. The maximum atomic E-state index is 11.7. The molecule has 82 valence electrons. The van der Waals surface area contributed by atoms with Gasteiger partial charge < -0.3 is 9.52 Å². The van der Waals surface area contributed by atoms with Crippen molar-refractivity contribution < 1.29 is 18.8 Å². The minimum absolute atomic E-state index is 0.00171. The van der Waals surface area contributed by atoms with Gasteiger partial charge in [0.05, 0.1) is 4.47 Å². The Morgan fingerprint density at radius 1 is 1.44 bits per heavy atom. The average molecular weight is 286 g/mol. The number of ketones is 1. The topological polar surface area (TPSA) is 93.5 Å². The number of benzene rings is 1. The Morgan fingerprint density at radius 3 is 2.75 bits per heavy atom. The highest BCUT2D eigenvalue weighted by molar-refractivity contribution is 9.10. The fourth-order valence-electron chi connectivity index (χ4n) is 1.05. The van der Waals surface area contributed by atoms with Crippen molar-refractivity contribution in [1.82, 2.24) is 5.16 Å². The monoisotopic (exact) mass is 285 g/mol. The molecule has 1 aromatic carbocycles. The predicted molar refractivity (Wildman–Crippen MR) is 54.3 cm³/mol. The minimum atomic E-state index is -1.04. The first-order valence-corrected chi connectivity index (χ1v) is 4.87. The van der Waals surface area contributed by atoms with Crippen LogP contribution in [0.1, 0.15) is 16.2 Å². The summed E-state index contributed by atoms with van der Waals surface area (Å²) in [7, 11) is 0. The zero-order valence-corrected chi connectivity index (χ0v) is 9.22. The van der Waals surface area contributed by atoms with Crippen LogP contribution >= 0.6 is 15.9 Å². The van der Waals surface area contributed by atoms with Gasteiger partial charge in [-0.05, 0) is 39.3 Å². The van der Waals surface area contributed by atoms with Crippen LogP contribution in [0, 0.1) is 0 Å². The Balaban J connectivity index is 2.41. The number of hydrogen-bond acceptors (Lipinski definition) is 6. The largest absolute Gasteiger partial charge is 0.542 e. The second-order valence-electron chi connectivity index (χ2n) is 2.84. The first-order chi connectivity index (χ1) is 7.58. The molecule has 0 aliphatic carbocycles. The summed E-state index contributed by atoms with van der Waals surface area (Å²) in [6.45, 7) is 0. The van der Waals surface area contributed by atoms with Crippen LogP contribution in [0.15, 0.2) is 36.4 Å². The van der Waals surface area contributed by atoms with Crippen LogP contribution in [-0.4, -0.2) is 16.0 Å². The molecular weight excluding hydrogens is 282 g/mol. The van der Waals surface area contributed by atoms with Gasteiger partial charge >= 0.3 is 11.7 Å². The third kappa shape index (κ3) is 1.89. The molecule has 6 nitrogen and oxygen atoms in total. The molecule has 0 atom stereocenters. The molecule has 0 bridgehead atoms. The average Bonchev–Trinajstić information content (AvgIpc) is 2.68. The zero-order chi connectivity index (χ0) is 11.7. The molecule has 0 unspecified atom stereocenters. The van der Waals surface area contributed by atoms with Gasteiger partial charge in [0.1, 0.15) is 5.75 Å². The second-order valence-corrected chi connectivity index (χ2v) is 3.69. The summed E-state index contributed by atoms with van der Waals surface area (Å²) in [4.78, 5) is 22.2. The Kier molecular flexibility index (Phi) is 2.61. The number of aromatic nitrogens is 1. The van der Waals surface area contributed by atoms with E-state index in [4.69, 9.17) is 0 Å². The summed E-state index contributed by atoms with van der Waals surface area (Å²) in [5.41, 5.74) is 0.210. The molecule has 2 aromatic rings. The van der Waals surface area contributed by atoms with Crippen LogP contribution < -0.4 is 5.82 Å². The number of hydrogen-bond donors (Lipinski definition) is 1. The van der Waals surface area contributed by atoms with Gasteiger partial charge in [-0.1, -0.05) is 0 Å². The fourth-order valence-corrected chi connectivity index (χ4v) is 1.43. The summed E-state index contributed by atoms with van der Waals surface area (Å²) >= 11 is 3.05. The first kappa shape index (κ1) is 10.6. The molecule has 0 radical (unpaired) electrons. The number of carbonyl (C=O) groups is 1. The van der Waals surface area contributed by atoms with Gasteiger partial charge in [-0.15, -0.1) is 0 Å². The molecule has 0 aliphatic heterocycles. The maximum absolute atomic E-state index is 11.7. The number of rotatable bonds is 2. The molecule has 1 aromatic heterocycles. The highest BCUT2D eigenvalue weighted by Crippen LogP contribution is 2.25. The SMILES string of the molecule is O=C(c1ccc(O)c(Br)c1)c1noc(=O)o1. The van der Waals surface area contributed by atoms with Gasteiger partial charge in [0.25, 0.3) is 5.78 Å². The van der Waals surface area contributed by atoms with Crippen molar-refractivity contribution in [3.8, 4) is 5.75 Å². The van der Waals surface area contributed by atoms with E-state index in [1.165, 1.54) is 18.2 Å². The van der Waals surface area contributed by atoms with E-state index >= 15 is 0 Å². The Labute approximate surface area is 96.6 Å². The number of nitrogens with zero attached hydrogens (tertiary/aromatic N) is 1. The molecule has 2 rings (SSSR count). The van der Waals surface area contributed by atoms with Gasteiger partial charge in [0, 0.05) is 5.56 Å². The van der Waals surface area contributed by atoms with Crippen LogP contribution in [0.2, 0.25) is 0 Å². The quantitative estimate of drug-likeness (QED) is 0.837. The van der Waals surface area contributed by atoms with Crippen LogP contribution in [-0.2, 0) is 0 Å². The predicted octanol–water partition coefficient (Wildman–Crippen LogP) is 1.33. The van der Waals surface area contributed by atoms with Gasteiger partial charge in [0.2, 0.25) is 0 Å². The molecule has 16 heavy (non-hydrogen) atoms. The molecule has 1 heterocycles. The molecule has 0 saturated carbocycles.